The number of carboxylic acid groups (broad SMARTS) is 1. The molecule has 0 aliphatic carbocycles. The molecule has 0 atom stereocenters. The van der Waals surface area contributed by atoms with Crippen molar-refractivity contribution in [3.8, 4) is 0 Å². The summed E-state index contributed by atoms with van der Waals surface area (Å²) in [5, 5.41) is 8.42. The summed E-state index contributed by atoms with van der Waals surface area (Å²) >= 11 is 5.36. The first-order chi connectivity index (χ1) is 4.63. The van der Waals surface area contributed by atoms with Crippen LogP contribution < -0.4 is 0 Å². The predicted molar refractivity (Wildman–Crippen MR) is 38.1 cm³/mol. The lowest BCUT2D eigenvalue weighted by molar-refractivity contribution is -0.132. The van der Waals surface area contributed by atoms with Crippen LogP contribution in [0.25, 0.3) is 0 Å². The van der Waals surface area contributed by atoms with Gasteiger partial charge in [0.2, 0.25) is 0 Å². The van der Waals surface area contributed by atoms with Crippen LogP contribution in [-0.2, 0) is 9.53 Å². The number of rotatable bonds is 3. The number of alkyl halides is 1. The SMILES string of the molecule is COC(CCl)=C(C)C(=O)O. The normalized spacial score (nSPS) is 12.3. The Morgan fingerprint density at radius 1 is 1.70 bits per heavy atom. The van der Waals surface area contributed by atoms with Gasteiger partial charge in [0, 0.05) is 0 Å². The van der Waals surface area contributed by atoms with Gasteiger partial charge in [0.1, 0.15) is 5.76 Å². The van der Waals surface area contributed by atoms with E-state index in [1.807, 2.05) is 0 Å². The molecule has 0 unspecified atom stereocenters. The number of carboxylic acids is 1. The molecule has 0 rings (SSSR count). The van der Waals surface area contributed by atoms with Crippen molar-refractivity contribution in [2.24, 2.45) is 0 Å². The fraction of sp³-hybridized carbons (Fsp3) is 0.500. The van der Waals surface area contributed by atoms with Gasteiger partial charge in [-0.2, -0.15) is 0 Å². The molecular weight excluding hydrogens is 156 g/mol. The number of allylic oxidation sites excluding steroid dienone is 1. The van der Waals surface area contributed by atoms with Crippen molar-refractivity contribution in [2.45, 2.75) is 6.92 Å². The number of hydrogen-bond donors (Lipinski definition) is 1. The van der Waals surface area contributed by atoms with Crippen molar-refractivity contribution < 1.29 is 14.6 Å². The second kappa shape index (κ2) is 4.17. The van der Waals surface area contributed by atoms with Crippen LogP contribution in [0.5, 0.6) is 0 Å². The predicted octanol–water partition coefficient (Wildman–Crippen LogP) is 1.23. The zero-order chi connectivity index (χ0) is 8.15. The Morgan fingerprint density at radius 2 is 2.20 bits per heavy atom. The highest BCUT2D eigenvalue weighted by molar-refractivity contribution is 6.19. The first-order valence-corrected chi connectivity index (χ1v) is 3.20. The van der Waals surface area contributed by atoms with E-state index in [0.717, 1.165) is 0 Å². The van der Waals surface area contributed by atoms with Crippen LogP contribution in [0.3, 0.4) is 0 Å². The van der Waals surface area contributed by atoms with Crippen LogP contribution in [0.2, 0.25) is 0 Å². The van der Waals surface area contributed by atoms with Crippen LogP contribution in [0.1, 0.15) is 6.92 Å². The van der Waals surface area contributed by atoms with Crippen LogP contribution in [-0.4, -0.2) is 24.1 Å². The van der Waals surface area contributed by atoms with E-state index < -0.39 is 5.97 Å². The number of aliphatic carboxylic acids is 1. The summed E-state index contributed by atoms with van der Waals surface area (Å²) in [4.78, 5) is 10.3. The summed E-state index contributed by atoms with van der Waals surface area (Å²) in [6, 6.07) is 0. The maximum Gasteiger partial charge on any atom is 0.334 e. The first kappa shape index (κ1) is 9.30. The molecule has 4 heteroatoms. The Hall–Kier alpha value is -0.700. The number of hydrogen-bond acceptors (Lipinski definition) is 2. The van der Waals surface area contributed by atoms with Crippen molar-refractivity contribution in [3.05, 3.63) is 11.3 Å². The fourth-order valence-corrected chi connectivity index (χ4v) is 0.737. The highest BCUT2D eigenvalue weighted by Crippen LogP contribution is 2.06. The van der Waals surface area contributed by atoms with Crippen LogP contribution in [0.15, 0.2) is 11.3 Å². The van der Waals surface area contributed by atoms with Crippen LogP contribution in [0, 0.1) is 0 Å². The molecule has 0 bridgehead atoms. The molecule has 0 aromatic rings. The summed E-state index contributed by atoms with van der Waals surface area (Å²) in [6.45, 7) is 1.45. The molecule has 10 heavy (non-hydrogen) atoms. The van der Waals surface area contributed by atoms with Gasteiger partial charge in [-0.1, -0.05) is 0 Å². The summed E-state index contributed by atoms with van der Waals surface area (Å²) < 4.78 is 4.69. The van der Waals surface area contributed by atoms with E-state index in [-0.39, 0.29) is 11.5 Å². The largest absolute Gasteiger partial charge is 0.499 e. The van der Waals surface area contributed by atoms with Gasteiger partial charge in [-0.3, -0.25) is 0 Å². The second-order valence-electron chi connectivity index (χ2n) is 1.69. The zero-order valence-corrected chi connectivity index (χ0v) is 6.60. The van der Waals surface area contributed by atoms with Gasteiger partial charge >= 0.3 is 5.97 Å². The summed E-state index contributed by atoms with van der Waals surface area (Å²) in [7, 11) is 1.39. The molecule has 0 fully saturated rings. The highest BCUT2D eigenvalue weighted by atomic mass is 35.5. The van der Waals surface area contributed by atoms with E-state index >= 15 is 0 Å². The molecule has 0 aliphatic heterocycles. The molecule has 0 aliphatic rings. The Morgan fingerprint density at radius 3 is 2.30 bits per heavy atom. The summed E-state index contributed by atoms with van der Waals surface area (Å²) in [6.07, 6.45) is 0. The van der Waals surface area contributed by atoms with Gasteiger partial charge < -0.3 is 9.84 Å². The number of halogens is 1. The lowest BCUT2D eigenvalue weighted by Gasteiger charge is -2.02. The molecule has 0 saturated heterocycles. The van der Waals surface area contributed by atoms with E-state index in [0.29, 0.717) is 5.76 Å². The summed E-state index contributed by atoms with van der Waals surface area (Å²) in [5.74, 6) is -0.610. The Balaban J connectivity index is 4.43. The van der Waals surface area contributed by atoms with Gasteiger partial charge in [-0.15, -0.1) is 11.6 Å². The van der Waals surface area contributed by atoms with E-state index in [4.69, 9.17) is 16.7 Å². The van der Waals surface area contributed by atoms with E-state index in [1.54, 1.807) is 0 Å². The van der Waals surface area contributed by atoms with E-state index in [2.05, 4.69) is 4.74 Å². The topological polar surface area (TPSA) is 46.5 Å². The van der Waals surface area contributed by atoms with Crippen LogP contribution in [0.4, 0.5) is 0 Å². The third-order valence-corrected chi connectivity index (χ3v) is 1.35. The third-order valence-electron chi connectivity index (χ3n) is 1.11. The van der Waals surface area contributed by atoms with Crippen molar-refractivity contribution in [1.82, 2.24) is 0 Å². The first-order valence-electron chi connectivity index (χ1n) is 2.66. The van der Waals surface area contributed by atoms with Crippen molar-refractivity contribution in [1.29, 1.82) is 0 Å². The molecule has 0 aromatic carbocycles. The standard InChI is InChI=1S/C6H9ClO3/c1-4(6(8)9)5(3-7)10-2/h3H2,1-2H3,(H,8,9). The quantitative estimate of drug-likeness (QED) is 0.388. The van der Waals surface area contributed by atoms with Gasteiger partial charge in [0.15, 0.2) is 0 Å². The molecule has 3 nitrogen and oxygen atoms in total. The molecule has 0 saturated carbocycles. The van der Waals surface area contributed by atoms with Gasteiger partial charge in [0.05, 0.1) is 18.6 Å². The Kier molecular flexibility index (Phi) is 3.88. The fourth-order valence-electron chi connectivity index (χ4n) is 0.427. The third kappa shape index (κ3) is 2.27. The monoisotopic (exact) mass is 164 g/mol. The molecule has 0 aromatic heterocycles. The molecule has 0 heterocycles. The average molecular weight is 165 g/mol. The van der Waals surface area contributed by atoms with E-state index in [1.165, 1.54) is 14.0 Å². The van der Waals surface area contributed by atoms with Crippen molar-refractivity contribution in [2.75, 3.05) is 13.0 Å². The lowest BCUT2D eigenvalue weighted by atomic mass is 10.3. The molecule has 0 spiro atoms. The number of ether oxygens (including phenoxy) is 1. The maximum atomic E-state index is 10.3. The lowest BCUT2D eigenvalue weighted by Crippen LogP contribution is -2.03. The van der Waals surface area contributed by atoms with Gasteiger partial charge in [-0.25, -0.2) is 4.79 Å². The average Bonchev–Trinajstić information content (AvgIpc) is 1.90. The molecule has 0 radical (unpaired) electrons. The minimum Gasteiger partial charge on any atom is -0.499 e. The Labute approximate surface area is 64.2 Å². The molecule has 0 amide bonds. The van der Waals surface area contributed by atoms with Crippen LogP contribution >= 0.6 is 11.6 Å². The minimum absolute atomic E-state index is 0.0919. The minimum atomic E-state index is -1.00. The zero-order valence-electron chi connectivity index (χ0n) is 5.85. The molecule has 1 N–H and O–H groups in total. The number of carbonyl (C=O) groups is 1. The second-order valence-corrected chi connectivity index (χ2v) is 1.96. The van der Waals surface area contributed by atoms with Gasteiger partial charge in [-0.05, 0) is 6.92 Å². The van der Waals surface area contributed by atoms with Crippen molar-refractivity contribution in [3.63, 3.8) is 0 Å². The van der Waals surface area contributed by atoms with Gasteiger partial charge in [0.25, 0.3) is 0 Å². The molecule has 58 valence electrons. The maximum absolute atomic E-state index is 10.3. The summed E-state index contributed by atoms with van der Waals surface area (Å²) in [5.41, 5.74) is 0.150. The van der Waals surface area contributed by atoms with E-state index in [9.17, 15) is 4.79 Å². The van der Waals surface area contributed by atoms with Crippen molar-refractivity contribution >= 4 is 17.6 Å². The number of methoxy groups -OCH3 is 1. The highest BCUT2D eigenvalue weighted by Gasteiger charge is 2.07. The molecular formula is C6H9ClO3. The smallest absolute Gasteiger partial charge is 0.334 e. The Bertz CT molecular complexity index is 156.